The first-order valence-corrected chi connectivity index (χ1v) is 8.46. The van der Waals surface area contributed by atoms with Gasteiger partial charge in [-0.05, 0) is 24.6 Å². The number of thiophene rings is 1. The normalized spacial score (nSPS) is 14.9. The molecular weight excluding hydrogens is 254 g/mol. The monoisotopic (exact) mass is 275 g/mol. The van der Waals surface area contributed by atoms with Gasteiger partial charge in [0.15, 0.2) is 0 Å². The van der Waals surface area contributed by atoms with Crippen molar-refractivity contribution in [3.8, 4) is 0 Å². The zero-order valence-electron chi connectivity index (χ0n) is 11.1. The van der Waals surface area contributed by atoms with Crippen LogP contribution in [0.5, 0.6) is 0 Å². The fourth-order valence-corrected chi connectivity index (χ4v) is 3.79. The molecule has 1 aromatic heterocycles. The third-order valence-corrected chi connectivity index (χ3v) is 5.09. The fraction of sp³-hybridized carbons (Fsp3) is 0.667. The Morgan fingerprint density at radius 2 is 1.94 bits per heavy atom. The zero-order chi connectivity index (χ0) is 13.3. The molecule has 1 aromatic rings. The van der Waals surface area contributed by atoms with Crippen LogP contribution in [-0.4, -0.2) is 27.5 Å². The highest BCUT2D eigenvalue weighted by molar-refractivity contribution is 7.90. The smallest absolute Gasteiger partial charge is 0.149 e. The molecule has 1 rings (SSSR count). The first-order chi connectivity index (χ1) is 7.63. The van der Waals surface area contributed by atoms with Crippen LogP contribution in [0.4, 0.5) is 0 Å². The molecule has 1 atom stereocenters. The molecule has 5 heteroatoms. The summed E-state index contributed by atoms with van der Waals surface area (Å²) in [5.74, 6) is 0.146. The molecule has 0 amide bonds. The lowest BCUT2D eigenvalue weighted by atomic mass is 9.95. The van der Waals surface area contributed by atoms with Gasteiger partial charge in [-0.2, -0.15) is 0 Å². The molecule has 3 nitrogen and oxygen atoms in total. The van der Waals surface area contributed by atoms with Crippen molar-refractivity contribution in [2.75, 3.05) is 19.1 Å². The molecule has 98 valence electrons. The van der Waals surface area contributed by atoms with Gasteiger partial charge >= 0.3 is 0 Å². The van der Waals surface area contributed by atoms with Crippen molar-refractivity contribution in [3.05, 3.63) is 21.9 Å². The van der Waals surface area contributed by atoms with E-state index in [2.05, 4.69) is 32.2 Å². The molecule has 1 unspecified atom stereocenters. The maximum Gasteiger partial charge on any atom is 0.149 e. The molecule has 0 aliphatic rings. The van der Waals surface area contributed by atoms with E-state index in [1.165, 1.54) is 11.1 Å². The summed E-state index contributed by atoms with van der Waals surface area (Å²) in [6, 6.07) is 4.01. The summed E-state index contributed by atoms with van der Waals surface area (Å²) in [6.45, 7) is 6.48. The molecule has 0 fully saturated rings. The second kappa shape index (κ2) is 5.08. The van der Waals surface area contributed by atoms with Crippen LogP contribution >= 0.6 is 11.3 Å². The Bertz CT molecular complexity index is 469. The lowest BCUT2D eigenvalue weighted by Crippen LogP contribution is -2.23. The first-order valence-electron chi connectivity index (χ1n) is 5.58. The van der Waals surface area contributed by atoms with Gasteiger partial charge in [-0.25, -0.2) is 8.42 Å². The average molecular weight is 275 g/mol. The summed E-state index contributed by atoms with van der Waals surface area (Å²) in [4.78, 5) is 2.36. The SMILES string of the molecule is CNC(CS(C)(=O)=O)c1ccc(C(C)(C)C)s1. The van der Waals surface area contributed by atoms with E-state index in [9.17, 15) is 8.42 Å². The van der Waals surface area contributed by atoms with Crippen molar-refractivity contribution in [2.45, 2.75) is 32.2 Å². The highest BCUT2D eigenvalue weighted by Crippen LogP contribution is 2.32. The first kappa shape index (κ1) is 14.7. The molecule has 17 heavy (non-hydrogen) atoms. The Labute approximate surface area is 108 Å². The molecule has 0 spiro atoms. The number of hydrogen-bond donors (Lipinski definition) is 1. The fourth-order valence-electron chi connectivity index (χ4n) is 1.55. The number of rotatable bonds is 4. The molecule has 1 N–H and O–H groups in total. The Hall–Kier alpha value is -0.390. The Morgan fingerprint density at radius 1 is 1.35 bits per heavy atom. The van der Waals surface area contributed by atoms with Crippen LogP contribution in [0.2, 0.25) is 0 Å². The van der Waals surface area contributed by atoms with Gasteiger partial charge < -0.3 is 5.32 Å². The van der Waals surface area contributed by atoms with Gasteiger partial charge in [0.2, 0.25) is 0 Å². The minimum absolute atomic E-state index is 0.105. The van der Waals surface area contributed by atoms with Crippen molar-refractivity contribution < 1.29 is 8.42 Å². The van der Waals surface area contributed by atoms with Crippen LogP contribution < -0.4 is 5.32 Å². The van der Waals surface area contributed by atoms with E-state index < -0.39 is 9.84 Å². The average Bonchev–Trinajstić information content (AvgIpc) is 2.60. The van der Waals surface area contributed by atoms with Crippen molar-refractivity contribution in [1.29, 1.82) is 0 Å². The summed E-state index contributed by atoms with van der Waals surface area (Å²) in [7, 11) is -1.17. The van der Waals surface area contributed by atoms with Gasteiger partial charge in [0, 0.05) is 16.0 Å². The number of hydrogen-bond acceptors (Lipinski definition) is 4. The minimum Gasteiger partial charge on any atom is -0.311 e. The molecular formula is C12H21NO2S2. The van der Waals surface area contributed by atoms with Crippen LogP contribution in [0.1, 0.15) is 36.6 Å². The molecule has 0 saturated carbocycles. The largest absolute Gasteiger partial charge is 0.311 e. The summed E-state index contributed by atoms with van der Waals surface area (Å²) >= 11 is 1.69. The van der Waals surface area contributed by atoms with Crippen LogP contribution in [0, 0.1) is 0 Å². The topological polar surface area (TPSA) is 46.2 Å². The zero-order valence-corrected chi connectivity index (χ0v) is 12.7. The molecule has 1 heterocycles. The molecule has 0 radical (unpaired) electrons. The number of nitrogens with one attached hydrogen (secondary N) is 1. The predicted octanol–water partition coefficient (Wildman–Crippen LogP) is 2.35. The van der Waals surface area contributed by atoms with E-state index in [0.29, 0.717) is 0 Å². The van der Waals surface area contributed by atoms with Gasteiger partial charge in [0.05, 0.1) is 11.8 Å². The third kappa shape index (κ3) is 4.41. The van der Waals surface area contributed by atoms with E-state index in [1.807, 2.05) is 6.07 Å². The third-order valence-electron chi connectivity index (χ3n) is 2.53. The Kier molecular flexibility index (Phi) is 4.38. The van der Waals surface area contributed by atoms with Crippen LogP contribution in [0.3, 0.4) is 0 Å². The van der Waals surface area contributed by atoms with Gasteiger partial charge in [-0.3, -0.25) is 0 Å². The van der Waals surface area contributed by atoms with Gasteiger partial charge in [-0.1, -0.05) is 20.8 Å². The molecule has 0 aromatic carbocycles. The highest BCUT2D eigenvalue weighted by atomic mass is 32.2. The van der Waals surface area contributed by atoms with Crippen LogP contribution in [0.15, 0.2) is 12.1 Å². The van der Waals surface area contributed by atoms with E-state index >= 15 is 0 Å². The number of sulfone groups is 1. The predicted molar refractivity (Wildman–Crippen MR) is 74.5 cm³/mol. The molecule has 0 saturated heterocycles. The maximum atomic E-state index is 11.3. The molecule has 0 aliphatic heterocycles. The van der Waals surface area contributed by atoms with Crippen molar-refractivity contribution in [2.24, 2.45) is 0 Å². The van der Waals surface area contributed by atoms with E-state index in [-0.39, 0.29) is 17.2 Å². The van der Waals surface area contributed by atoms with Crippen molar-refractivity contribution in [1.82, 2.24) is 5.32 Å². The maximum absolute atomic E-state index is 11.3. The standard InChI is InChI=1S/C12H21NO2S2/c1-12(2,3)11-7-6-10(16-11)9(13-4)8-17(5,14)15/h6-7,9,13H,8H2,1-5H3. The molecule has 0 bridgehead atoms. The Balaban J connectivity index is 2.95. The van der Waals surface area contributed by atoms with Gasteiger partial charge in [0.25, 0.3) is 0 Å². The minimum atomic E-state index is -2.97. The summed E-state index contributed by atoms with van der Waals surface area (Å²) in [6.07, 6.45) is 1.27. The quantitative estimate of drug-likeness (QED) is 0.917. The van der Waals surface area contributed by atoms with Gasteiger partial charge in [0.1, 0.15) is 9.84 Å². The summed E-state index contributed by atoms with van der Waals surface area (Å²) in [5, 5.41) is 3.07. The second-order valence-electron chi connectivity index (χ2n) is 5.39. The Morgan fingerprint density at radius 3 is 2.29 bits per heavy atom. The highest BCUT2D eigenvalue weighted by Gasteiger charge is 2.21. The lowest BCUT2D eigenvalue weighted by Gasteiger charge is -2.16. The van der Waals surface area contributed by atoms with Crippen LogP contribution in [-0.2, 0) is 15.3 Å². The summed E-state index contributed by atoms with van der Waals surface area (Å²) in [5.41, 5.74) is 0.117. The van der Waals surface area contributed by atoms with Crippen LogP contribution in [0.25, 0.3) is 0 Å². The second-order valence-corrected chi connectivity index (χ2v) is 8.69. The van der Waals surface area contributed by atoms with E-state index in [0.717, 1.165) is 4.88 Å². The van der Waals surface area contributed by atoms with Gasteiger partial charge in [-0.15, -0.1) is 11.3 Å². The van der Waals surface area contributed by atoms with E-state index in [1.54, 1.807) is 18.4 Å². The van der Waals surface area contributed by atoms with Crippen molar-refractivity contribution in [3.63, 3.8) is 0 Å². The summed E-state index contributed by atoms with van der Waals surface area (Å²) < 4.78 is 22.7. The van der Waals surface area contributed by atoms with Crippen molar-refractivity contribution >= 4 is 21.2 Å². The van der Waals surface area contributed by atoms with E-state index in [4.69, 9.17) is 0 Å². The lowest BCUT2D eigenvalue weighted by molar-refractivity contribution is 0.582. The molecule has 0 aliphatic carbocycles.